The molecule has 1 amide bonds. The summed E-state index contributed by atoms with van der Waals surface area (Å²) in [7, 11) is 0. The number of para-hydroxylation sites is 1. The van der Waals surface area contributed by atoms with Crippen LogP contribution in [-0.2, 0) is 4.79 Å². The van der Waals surface area contributed by atoms with E-state index in [9.17, 15) is 4.79 Å². The molecule has 4 rings (SSSR count). The van der Waals surface area contributed by atoms with Crippen LogP contribution in [0.3, 0.4) is 0 Å². The number of rotatable bonds is 7. The van der Waals surface area contributed by atoms with Gasteiger partial charge in [0.25, 0.3) is 0 Å². The SMILES string of the molecule is CC(C)c1nnc(NC(=O)CSc2nnc(-c3ccc(Cl)cc3Cl)n2-c2ccccc2)o1. The van der Waals surface area contributed by atoms with Gasteiger partial charge in [-0.1, -0.05) is 72.1 Å². The predicted molar refractivity (Wildman–Crippen MR) is 125 cm³/mol. The van der Waals surface area contributed by atoms with Gasteiger partial charge in [0.15, 0.2) is 11.0 Å². The van der Waals surface area contributed by atoms with Crippen LogP contribution in [-0.4, -0.2) is 36.6 Å². The summed E-state index contributed by atoms with van der Waals surface area (Å²) in [4.78, 5) is 12.4. The molecular formula is C21H18Cl2N6O2S. The normalized spacial score (nSPS) is 11.2. The van der Waals surface area contributed by atoms with Crippen LogP contribution < -0.4 is 5.32 Å². The van der Waals surface area contributed by atoms with Crippen molar-refractivity contribution in [1.82, 2.24) is 25.0 Å². The van der Waals surface area contributed by atoms with Gasteiger partial charge >= 0.3 is 6.01 Å². The van der Waals surface area contributed by atoms with Gasteiger partial charge in [-0.15, -0.1) is 15.3 Å². The molecule has 0 saturated carbocycles. The minimum atomic E-state index is -0.303. The van der Waals surface area contributed by atoms with Crippen LogP contribution in [0.5, 0.6) is 0 Å². The van der Waals surface area contributed by atoms with Crippen LogP contribution in [0.15, 0.2) is 58.1 Å². The summed E-state index contributed by atoms with van der Waals surface area (Å²) in [6, 6.07) is 14.8. The molecule has 0 bridgehead atoms. The van der Waals surface area contributed by atoms with Crippen molar-refractivity contribution in [2.75, 3.05) is 11.1 Å². The molecular weight excluding hydrogens is 471 g/mol. The molecule has 1 N–H and O–H groups in total. The molecule has 0 aliphatic rings. The van der Waals surface area contributed by atoms with E-state index in [1.165, 1.54) is 11.8 Å². The zero-order valence-corrected chi connectivity index (χ0v) is 19.4. The third kappa shape index (κ3) is 4.95. The maximum atomic E-state index is 12.4. The molecule has 8 nitrogen and oxygen atoms in total. The van der Waals surface area contributed by atoms with Gasteiger partial charge in [-0.05, 0) is 30.3 Å². The lowest BCUT2D eigenvalue weighted by molar-refractivity contribution is -0.113. The number of carbonyl (C=O) groups is 1. The van der Waals surface area contributed by atoms with Gasteiger partial charge in [0.2, 0.25) is 11.8 Å². The van der Waals surface area contributed by atoms with Crippen LogP contribution in [0, 0.1) is 0 Å². The summed E-state index contributed by atoms with van der Waals surface area (Å²) in [5.74, 6) is 0.840. The van der Waals surface area contributed by atoms with Gasteiger partial charge in [0, 0.05) is 22.2 Å². The first-order chi connectivity index (χ1) is 15.4. The number of halogens is 2. The smallest absolute Gasteiger partial charge is 0.322 e. The molecule has 164 valence electrons. The minimum absolute atomic E-state index is 0.0671. The Morgan fingerprint density at radius 1 is 1.09 bits per heavy atom. The Kier molecular flexibility index (Phi) is 6.78. The average molecular weight is 489 g/mol. The fraction of sp³-hybridized carbons (Fsp3) is 0.190. The van der Waals surface area contributed by atoms with E-state index in [1.807, 2.05) is 48.7 Å². The topological polar surface area (TPSA) is 98.7 Å². The molecule has 0 saturated heterocycles. The lowest BCUT2D eigenvalue weighted by Gasteiger charge is -2.11. The zero-order valence-electron chi connectivity index (χ0n) is 17.1. The number of nitrogens with one attached hydrogen (secondary N) is 1. The Morgan fingerprint density at radius 2 is 1.88 bits per heavy atom. The second-order valence-electron chi connectivity index (χ2n) is 7.04. The van der Waals surface area contributed by atoms with E-state index in [-0.39, 0.29) is 23.6 Å². The Balaban J connectivity index is 1.58. The predicted octanol–water partition coefficient (Wildman–Crippen LogP) is 5.48. The first-order valence-electron chi connectivity index (χ1n) is 9.64. The van der Waals surface area contributed by atoms with Crippen LogP contribution >= 0.6 is 35.0 Å². The van der Waals surface area contributed by atoms with Gasteiger partial charge in [0.1, 0.15) is 0 Å². The van der Waals surface area contributed by atoms with Crippen LogP contribution in [0.25, 0.3) is 17.1 Å². The molecule has 11 heteroatoms. The van der Waals surface area contributed by atoms with Crippen LogP contribution in [0.4, 0.5) is 6.01 Å². The number of anilines is 1. The number of aromatic nitrogens is 5. The monoisotopic (exact) mass is 488 g/mol. The van der Waals surface area contributed by atoms with E-state index >= 15 is 0 Å². The van der Waals surface area contributed by atoms with Crippen molar-refractivity contribution < 1.29 is 9.21 Å². The summed E-state index contributed by atoms with van der Waals surface area (Å²) < 4.78 is 7.27. The highest BCUT2D eigenvalue weighted by atomic mass is 35.5. The van der Waals surface area contributed by atoms with Gasteiger partial charge < -0.3 is 4.42 Å². The number of thioether (sulfide) groups is 1. The Bertz CT molecular complexity index is 1240. The van der Waals surface area contributed by atoms with Crippen molar-refractivity contribution in [2.45, 2.75) is 24.9 Å². The lowest BCUT2D eigenvalue weighted by Crippen LogP contribution is -2.15. The molecule has 0 unspecified atom stereocenters. The van der Waals surface area contributed by atoms with E-state index in [2.05, 4.69) is 25.7 Å². The molecule has 0 atom stereocenters. The van der Waals surface area contributed by atoms with E-state index in [1.54, 1.807) is 18.2 Å². The van der Waals surface area contributed by atoms with E-state index < -0.39 is 0 Å². The third-order valence-electron chi connectivity index (χ3n) is 4.33. The Morgan fingerprint density at radius 3 is 2.56 bits per heavy atom. The number of hydrogen-bond acceptors (Lipinski definition) is 7. The third-order valence-corrected chi connectivity index (χ3v) is 5.81. The molecule has 0 aliphatic carbocycles. The molecule has 2 aromatic heterocycles. The standard InChI is InChI=1S/C21H18Cl2N6O2S/c1-12(2)19-26-27-20(31-19)24-17(30)11-32-21-28-25-18(15-9-8-13(22)10-16(15)23)29(21)14-6-4-3-5-7-14/h3-10,12H,11H2,1-2H3,(H,24,27,30). The van der Waals surface area contributed by atoms with Gasteiger partial charge in [-0.3, -0.25) is 14.7 Å². The minimum Gasteiger partial charge on any atom is -0.408 e. The number of hydrogen-bond donors (Lipinski definition) is 1. The molecule has 32 heavy (non-hydrogen) atoms. The summed E-state index contributed by atoms with van der Waals surface area (Å²) in [5.41, 5.74) is 1.51. The largest absolute Gasteiger partial charge is 0.408 e. The highest BCUT2D eigenvalue weighted by Gasteiger charge is 2.20. The van der Waals surface area contributed by atoms with E-state index in [0.717, 1.165) is 5.69 Å². The van der Waals surface area contributed by atoms with Crippen molar-refractivity contribution in [1.29, 1.82) is 0 Å². The molecule has 0 radical (unpaired) electrons. The fourth-order valence-corrected chi connectivity index (χ4v) is 4.07. The number of carbonyl (C=O) groups excluding carboxylic acids is 1. The molecule has 2 heterocycles. The zero-order chi connectivity index (χ0) is 22.7. The Labute approximate surface area is 198 Å². The summed E-state index contributed by atoms with van der Waals surface area (Å²) >= 11 is 13.7. The van der Waals surface area contributed by atoms with Gasteiger partial charge in [-0.25, -0.2) is 0 Å². The van der Waals surface area contributed by atoms with Crippen molar-refractivity contribution in [2.24, 2.45) is 0 Å². The van der Waals surface area contributed by atoms with Crippen molar-refractivity contribution in [3.05, 3.63) is 64.5 Å². The van der Waals surface area contributed by atoms with Gasteiger partial charge in [0.05, 0.1) is 10.8 Å². The van der Waals surface area contributed by atoms with Gasteiger partial charge in [-0.2, -0.15) is 0 Å². The Hall–Kier alpha value is -2.88. The maximum absolute atomic E-state index is 12.4. The highest BCUT2D eigenvalue weighted by molar-refractivity contribution is 7.99. The van der Waals surface area contributed by atoms with Crippen molar-refractivity contribution in [3.63, 3.8) is 0 Å². The first-order valence-corrected chi connectivity index (χ1v) is 11.4. The fourth-order valence-electron chi connectivity index (χ4n) is 2.82. The second-order valence-corrected chi connectivity index (χ2v) is 8.82. The molecule has 4 aromatic rings. The van der Waals surface area contributed by atoms with Crippen LogP contribution in [0.2, 0.25) is 10.0 Å². The summed E-state index contributed by atoms with van der Waals surface area (Å²) in [6.07, 6.45) is 0. The average Bonchev–Trinajstić information content (AvgIpc) is 3.40. The van der Waals surface area contributed by atoms with Crippen molar-refractivity contribution in [3.8, 4) is 17.1 Å². The van der Waals surface area contributed by atoms with E-state index in [0.29, 0.717) is 32.5 Å². The maximum Gasteiger partial charge on any atom is 0.322 e. The molecule has 0 aliphatic heterocycles. The van der Waals surface area contributed by atoms with Crippen molar-refractivity contribution >= 4 is 46.9 Å². The second kappa shape index (κ2) is 9.72. The molecule has 0 fully saturated rings. The lowest BCUT2D eigenvalue weighted by atomic mass is 10.2. The number of nitrogens with zero attached hydrogens (tertiary/aromatic N) is 5. The molecule has 2 aromatic carbocycles. The summed E-state index contributed by atoms with van der Waals surface area (Å²) in [5, 5.41) is 20.5. The number of benzene rings is 2. The first kappa shape index (κ1) is 22.3. The highest BCUT2D eigenvalue weighted by Crippen LogP contribution is 2.33. The quantitative estimate of drug-likeness (QED) is 0.343. The molecule has 0 spiro atoms. The summed E-state index contributed by atoms with van der Waals surface area (Å²) in [6.45, 7) is 3.85. The number of amides is 1. The van der Waals surface area contributed by atoms with Crippen LogP contribution in [0.1, 0.15) is 25.7 Å². The van der Waals surface area contributed by atoms with E-state index in [4.69, 9.17) is 27.6 Å².